The third-order valence-electron chi connectivity index (χ3n) is 6.18. The molecule has 23 heavy (non-hydrogen) atoms. The third kappa shape index (κ3) is 3.46. The number of carbonyl (C=O) groups excluding carboxylic acids is 2. The van der Waals surface area contributed by atoms with Gasteiger partial charge in [-0.2, -0.15) is 0 Å². The van der Waals surface area contributed by atoms with Gasteiger partial charge in [0.25, 0.3) is 0 Å². The van der Waals surface area contributed by atoms with Crippen LogP contribution in [0.3, 0.4) is 0 Å². The first kappa shape index (κ1) is 16.5. The lowest BCUT2D eigenvalue weighted by atomic mass is 9.85. The molecule has 0 aromatic carbocycles. The van der Waals surface area contributed by atoms with Crippen LogP contribution < -0.4 is 0 Å². The average molecular weight is 320 g/mol. The molecule has 0 aromatic rings. The van der Waals surface area contributed by atoms with Gasteiger partial charge >= 0.3 is 11.9 Å². The predicted octanol–water partition coefficient (Wildman–Crippen LogP) is 3.64. The zero-order chi connectivity index (χ0) is 16.4. The van der Waals surface area contributed by atoms with E-state index in [1.807, 2.05) is 6.92 Å². The van der Waals surface area contributed by atoms with Gasteiger partial charge in [0.1, 0.15) is 5.60 Å². The molecule has 3 aliphatic carbocycles. The van der Waals surface area contributed by atoms with Gasteiger partial charge in [-0.1, -0.05) is 31.9 Å². The number of esters is 2. The maximum atomic E-state index is 12.2. The van der Waals surface area contributed by atoms with Crippen molar-refractivity contribution < 1.29 is 19.1 Å². The molecule has 4 unspecified atom stereocenters. The average Bonchev–Trinajstić information content (AvgIpc) is 3.29. The highest BCUT2D eigenvalue weighted by Gasteiger charge is 2.41. The van der Waals surface area contributed by atoms with E-state index >= 15 is 0 Å². The Bertz CT molecular complexity index is 492. The molecule has 3 rings (SSSR count). The summed E-state index contributed by atoms with van der Waals surface area (Å²) in [5, 5.41) is 0. The van der Waals surface area contributed by atoms with E-state index in [2.05, 4.69) is 19.1 Å². The van der Waals surface area contributed by atoms with Crippen molar-refractivity contribution in [2.45, 2.75) is 64.4 Å². The summed E-state index contributed by atoms with van der Waals surface area (Å²) < 4.78 is 11.0. The van der Waals surface area contributed by atoms with Crippen molar-refractivity contribution in [1.82, 2.24) is 0 Å². The summed E-state index contributed by atoms with van der Waals surface area (Å²) in [5.74, 6) is 0.553. The van der Waals surface area contributed by atoms with Crippen molar-refractivity contribution in [3.63, 3.8) is 0 Å². The maximum Gasteiger partial charge on any atom is 0.344 e. The van der Waals surface area contributed by atoms with Gasteiger partial charge in [0.05, 0.1) is 5.92 Å². The van der Waals surface area contributed by atoms with Crippen LogP contribution in [0.4, 0.5) is 0 Å². The predicted molar refractivity (Wildman–Crippen MR) is 86.5 cm³/mol. The van der Waals surface area contributed by atoms with Crippen LogP contribution in [0.2, 0.25) is 0 Å². The topological polar surface area (TPSA) is 52.6 Å². The van der Waals surface area contributed by atoms with Crippen LogP contribution in [0.5, 0.6) is 0 Å². The molecular weight excluding hydrogens is 292 g/mol. The van der Waals surface area contributed by atoms with E-state index in [0.29, 0.717) is 17.8 Å². The summed E-state index contributed by atoms with van der Waals surface area (Å²) in [7, 11) is 0. The Kier molecular flexibility index (Phi) is 4.79. The number of rotatable bonds is 6. The van der Waals surface area contributed by atoms with Gasteiger partial charge in [-0.3, -0.25) is 4.79 Å². The summed E-state index contributed by atoms with van der Waals surface area (Å²) in [6, 6.07) is 0. The largest absolute Gasteiger partial charge is 0.457 e. The van der Waals surface area contributed by atoms with Crippen molar-refractivity contribution in [1.29, 1.82) is 0 Å². The van der Waals surface area contributed by atoms with Gasteiger partial charge in [-0.05, 0) is 56.8 Å². The Balaban J connectivity index is 1.47. The highest BCUT2D eigenvalue weighted by atomic mass is 16.6. The molecule has 0 aliphatic heterocycles. The Labute approximate surface area is 138 Å². The fourth-order valence-electron chi connectivity index (χ4n) is 4.56. The number of allylic oxidation sites excluding steroid dienone is 2. The lowest BCUT2D eigenvalue weighted by molar-refractivity contribution is -0.175. The van der Waals surface area contributed by atoms with Gasteiger partial charge < -0.3 is 9.47 Å². The Morgan fingerprint density at radius 3 is 2.48 bits per heavy atom. The highest BCUT2D eigenvalue weighted by Crippen LogP contribution is 2.44. The zero-order valence-corrected chi connectivity index (χ0v) is 14.3. The van der Waals surface area contributed by atoms with Gasteiger partial charge in [-0.25, -0.2) is 4.79 Å². The molecule has 0 aromatic heterocycles. The summed E-state index contributed by atoms with van der Waals surface area (Å²) >= 11 is 0. The van der Waals surface area contributed by atoms with Crippen molar-refractivity contribution >= 4 is 11.9 Å². The molecule has 4 atom stereocenters. The minimum absolute atomic E-state index is 0.0646. The lowest BCUT2D eigenvalue weighted by Crippen LogP contribution is -2.39. The van der Waals surface area contributed by atoms with Crippen LogP contribution >= 0.6 is 0 Å². The molecule has 2 saturated carbocycles. The Morgan fingerprint density at radius 2 is 1.91 bits per heavy atom. The molecule has 4 heteroatoms. The first-order valence-corrected chi connectivity index (χ1v) is 9.08. The molecule has 0 heterocycles. The SMILES string of the molecule is CCC(C)(OC(=O)COC(=O)C1CC2C=CC1C2)C1CCCC1. The van der Waals surface area contributed by atoms with E-state index in [9.17, 15) is 9.59 Å². The highest BCUT2D eigenvalue weighted by molar-refractivity contribution is 5.78. The van der Waals surface area contributed by atoms with Crippen LogP contribution in [-0.4, -0.2) is 24.1 Å². The number of ether oxygens (including phenoxy) is 2. The van der Waals surface area contributed by atoms with Gasteiger partial charge in [-0.15, -0.1) is 0 Å². The molecular formula is C19H28O4. The lowest BCUT2D eigenvalue weighted by Gasteiger charge is -2.34. The van der Waals surface area contributed by atoms with Crippen molar-refractivity contribution in [2.24, 2.45) is 23.7 Å². The van der Waals surface area contributed by atoms with E-state index in [4.69, 9.17) is 9.47 Å². The molecule has 2 fully saturated rings. The third-order valence-corrected chi connectivity index (χ3v) is 6.18. The van der Waals surface area contributed by atoms with Crippen LogP contribution in [0.1, 0.15) is 58.8 Å². The van der Waals surface area contributed by atoms with Crippen LogP contribution in [0.25, 0.3) is 0 Å². The van der Waals surface area contributed by atoms with Crippen LogP contribution in [0.15, 0.2) is 12.2 Å². The molecule has 3 aliphatic rings. The Hall–Kier alpha value is -1.32. The van der Waals surface area contributed by atoms with Gasteiger partial charge in [0.2, 0.25) is 0 Å². The van der Waals surface area contributed by atoms with E-state index in [1.165, 1.54) is 12.8 Å². The molecule has 0 amide bonds. The summed E-state index contributed by atoms with van der Waals surface area (Å²) in [6.45, 7) is 3.82. The van der Waals surface area contributed by atoms with E-state index in [-0.39, 0.29) is 18.5 Å². The van der Waals surface area contributed by atoms with Crippen LogP contribution in [0, 0.1) is 23.7 Å². The number of carbonyl (C=O) groups is 2. The minimum atomic E-state index is -0.421. The normalized spacial score (nSPS) is 32.0. The monoisotopic (exact) mass is 320 g/mol. The summed E-state index contributed by atoms with van der Waals surface area (Å²) in [5.41, 5.74) is -0.421. The number of fused-ring (bicyclic) bond motifs is 2. The van der Waals surface area contributed by atoms with E-state index in [1.54, 1.807) is 0 Å². The second kappa shape index (κ2) is 6.66. The molecule has 0 spiro atoms. The first-order chi connectivity index (χ1) is 11.0. The summed E-state index contributed by atoms with van der Waals surface area (Å²) in [4.78, 5) is 24.3. The van der Waals surface area contributed by atoms with Gasteiger partial charge in [0, 0.05) is 0 Å². The van der Waals surface area contributed by atoms with Crippen LogP contribution in [-0.2, 0) is 19.1 Å². The second-order valence-corrected chi connectivity index (χ2v) is 7.62. The Morgan fingerprint density at radius 1 is 1.17 bits per heavy atom. The van der Waals surface area contributed by atoms with Crippen molar-refractivity contribution in [3.05, 3.63) is 12.2 Å². The summed E-state index contributed by atoms with van der Waals surface area (Å²) in [6.07, 6.45) is 11.7. The standard InChI is InChI=1S/C19H28O4/c1-3-19(2,15-6-4-5-7-15)23-17(20)12-22-18(21)16-11-13-8-9-14(16)10-13/h8-9,13-16H,3-7,10-12H2,1-2H3. The minimum Gasteiger partial charge on any atom is -0.457 e. The van der Waals surface area contributed by atoms with Crippen molar-refractivity contribution in [3.8, 4) is 0 Å². The second-order valence-electron chi connectivity index (χ2n) is 7.62. The van der Waals surface area contributed by atoms with Crippen molar-refractivity contribution in [2.75, 3.05) is 6.61 Å². The fraction of sp³-hybridized carbons (Fsp3) is 0.789. The number of hydrogen-bond donors (Lipinski definition) is 0. The fourth-order valence-corrected chi connectivity index (χ4v) is 4.56. The molecule has 0 radical (unpaired) electrons. The molecule has 4 nitrogen and oxygen atoms in total. The molecule has 0 saturated heterocycles. The van der Waals surface area contributed by atoms with Gasteiger partial charge in [0.15, 0.2) is 6.61 Å². The van der Waals surface area contributed by atoms with E-state index in [0.717, 1.165) is 32.1 Å². The van der Waals surface area contributed by atoms with E-state index < -0.39 is 11.6 Å². The first-order valence-electron chi connectivity index (χ1n) is 9.08. The number of hydrogen-bond acceptors (Lipinski definition) is 4. The molecule has 0 N–H and O–H groups in total. The molecule has 2 bridgehead atoms. The zero-order valence-electron chi connectivity index (χ0n) is 14.3. The quantitative estimate of drug-likeness (QED) is 0.554. The molecule has 128 valence electrons. The maximum absolute atomic E-state index is 12.2. The smallest absolute Gasteiger partial charge is 0.344 e.